The first-order valence-electron chi connectivity index (χ1n) is 9.53. The first kappa shape index (κ1) is 25.1. The molecule has 0 aliphatic heterocycles. The Hall–Kier alpha value is -3.17. The number of benzene rings is 2. The highest BCUT2D eigenvalue weighted by Gasteiger charge is 2.25. The maximum Gasteiger partial charge on any atom is 0.329 e. The highest BCUT2D eigenvalue weighted by Crippen LogP contribution is 2.26. The zero-order chi connectivity index (χ0) is 23.8. The van der Waals surface area contributed by atoms with Gasteiger partial charge in [0.1, 0.15) is 6.04 Å². The van der Waals surface area contributed by atoms with Gasteiger partial charge >= 0.3 is 5.97 Å². The minimum atomic E-state index is -0.979. The molecule has 9 nitrogen and oxygen atoms in total. The molecule has 0 aromatic heterocycles. The van der Waals surface area contributed by atoms with E-state index in [0.29, 0.717) is 10.6 Å². The number of esters is 1. The number of ether oxygens (including phenoxy) is 1. The van der Waals surface area contributed by atoms with Crippen molar-refractivity contribution in [1.29, 1.82) is 0 Å². The van der Waals surface area contributed by atoms with E-state index in [4.69, 9.17) is 27.9 Å². The maximum atomic E-state index is 12.5. The first-order valence-corrected chi connectivity index (χ1v) is 10.3. The molecule has 32 heavy (non-hydrogen) atoms. The Labute approximate surface area is 194 Å². The average Bonchev–Trinajstić information content (AvgIpc) is 2.73. The molecule has 2 rings (SSSR count). The van der Waals surface area contributed by atoms with E-state index in [-0.39, 0.29) is 28.7 Å². The maximum absolute atomic E-state index is 12.5. The molecule has 0 saturated carbocycles. The van der Waals surface area contributed by atoms with Crippen molar-refractivity contribution in [3.63, 3.8) is 0 Å². The van der Waals surface area contributed by atoms with Gasteiger partial charge in [-0.3, -0.25) is 19.7 Å². The number of non-ortho nitro benzene ring substituents is 1. The third-order valence-electron chi connectivity index (χ3n) is 4.18. The van der Waals surface area contributed by atoms with Crippen LogP contribution in [-0.4, -0.2) is 35.4 Å². The van der Waals surface area contributed by atoms with Crippen molar-refractivity contribution >= 4 is 52.4 Å². The molecule has 2 aromatic carbocycles. The van der Waals surface area contributed by atoms with Gasteiger partial charge in [-0.05, 0) is 42.7 Å². The summed E-state index contributed by atoms with van der Waals surface area (Å²) in [6.07, 6.45) is 0.288. The summed E-state index contributed by atoms with van der Waals surface area (Å²) >= 11 is 11.8. The zero-order valence-corrected chi connectivity index (χ0v) is 18.8. The van der Waals surface area contributed by atoms with Crippen LogP contribution in [0.5, 0.6) is 0 Å². The molecule has 2 N–H and O–H groups in total. The van der Waals surface area contributed by atoms with Crippen molar-refractivity contribution in [2.45, 2.75) is 26.3 Å². The lowest BCUT2D eigenvalue weighted by molar-refractivity contribution is -0.384. The van der Waals surface area contributed by atoms with Crippen LogP contribution in [-0.2, 0) is 14.3 Å². The standard InChI is InChI=1S/C21H21Cl2N3O6/c1-12(2)9-18(25-20(28)13-3-5-14(22)6-4-13)21(29)32-11-19(27)24-17-10-15(26(30)31)7-8-16(17)23/h3-8,10,12,18H,9,11H2,1-2H3,(H,24,27)(H,25,28). The van der Waals surface area contributed by atoms with Gasteiger partial charge in [0.25, 0.3) is 17.5 Å². The predicted molar refractivity (Wildman–Crippen MR) is 120 cm³/mol. The molecule has 11 heteroatoms. The third-order valence-corrected chi connectivity index (χ3v) is 4.77. The summed E-state index contributed by atoms with van der Waals surface area (Å²) in [5.41, 5.74) is 0.0642. The number of nitro groups is 1. The third kappa shape index (κ3) is 7.51. The number of hydrogen-bond acceptors (Lipinski definition) is 6. The van der Waals surface area contributed by atoms with Crippen LogP contribution in [0, 0.1) is 16.0 Å². The van der Waals surface area contributed by atoms with Crippen LogP contribution >= 0.6 is 23.2 Å². The van der Waals surface area contributed by atoms with E-state index in [1.54, 1.807) is 12.1 Å². The van der Waals surface area contributed by atoms with Gasteiger partial charge in [0, 0.05) is 22.7 Å². The molecule has 1 atom stereocenters. The number of anilines is 1. The molecule has 170 valence electrons. The molecule has 0 radical (unpaired) electrons. The summed E-state index contributed by atoms with van der Waals surface area (Å²) in [5, 5.41) is 16.4. The highest BCUT2D eigenvalue weighted by molar-refractivity contribution is 6.33. The van der Waals surface area contributed by atoms with E-state index in [0.717, 1.165) is 6.07 Å². The number of nitrogens with one attached hydrogen (secondary N) is 2. The first-order chi connectivity index (χ1) is 15.1. The van der Waals surface area contributed by atoms with Crippen LogP contribution in [0.2, 0.25) is 10.0 Å². The van der Waals surface area contributed by atoms with Gasteiger partial charge < -0.3 is 15.4 Å². The second-order valence-corrected chi connectivity index (χ2v) is 8.08. The second-order valence-electron chi connectivity index (χ2n) is 7.24. The molecule has 0 fully saturated rings. The van der Waals surface area contributed by atoms with Crippen LogP contribution in [0.25, 0.3) is 0 Å². The molecule has 2 aromatic rings. The van der Waals surface area contributed by atoms with Crippen molar-refractivity contribution in [3.8, 4) is 0 Å². The zero-order valence-electron chi connectivity index (χ0n) is 17.3. The van der Waals surface area contributed by atoms with E-state index in [1.165, 1.54) is 24.3 Å². The van der Waals surface area contributed by atoms with Crippen LogP contribution in [0.15, 0.2) is 42.5 Å². The van der Waals surface area contributed by atoms with Gasteiger partial charge in [0.15, 0.2) is 6.61 Å². The molecule has 0 saturated heterocycles. The summed E-state index contributed by atoms with van der Waals surface area (Å²) < 4.78 is 5.05. The van der Waals surface area contributed by atoms with Crippen molar-refractivity contribution < 1.29 is 24.0 Å². The van der Waals surface area contributed by atoms with Gasteiger partial charge in [-0.2, -0.15) is 0 Å². The van der Waals surface area contributed by atoms with E-state index in [1.807, 2.05) is 13.8 Å². The smallest absolute Gasteiger partial charge is 0.329 e. The van der Waals surface area contributed by atoms with Crippen LogP contribution in [0.4, 0.5) is 11.4 Å². The van der Waals surface area contributed by atoms with Crippen molar-refractivity contribution in [2.24, 2.45) is 5.92 Å². The fourth-order valence-corrected chi connectivity index (χ4v) is 2.97. The Bertz CT molecular complexity index is 1010. The molecule has 0 aliphatic carbocycles. The summed E-state index contributed by atoms with van der Waals surface area (Å²) in [6, 6.07) is 8.72. The summed E-state index contributed by atoms with van der Waals surface area (Å²) in [4.78, 5) is 47.4. The van der Waals surface area contributed by atoms with Crippen molar-refractivity contribution in [2.75, 3.05) is 11.9 Å². The molecule has 2 amide bonds. The molecule has 0 heterocycles. The van der Waals surface area contributed by atoms with Gasteiger partial charge in [-0.1, -0.05) is 37.0 Å². The number of carbonyl (C=O) groups excluding carboxylic acids is 3. The lowest BCUT2D eigenvalue weighted by atomic mass is 10.0. The summed E-state index contributed by atoms with van der Waals surface area (Å²) in [5.74, 6) is -1.97. The number of carbonyl (C=O) groups is 3. The number of hydrogen-bond donors (Lipinski definition) is 2. The van der Waals surface area contributed by atoms with Gasteiger partial charge in [-0.15, -0.1) is 0 Å². The fourth-order valence-electron chi connectivity index (χ4n) is 2.67. The topological polar surface area (TPSA) is 128 Å². The Morgan fingerprint density at radius 3 is 2.34 bits per heavy atom. The lowest BCUT2D eigenvalue weighted by Crippen LogP contribution is -2.43. The monoisotopic (exact) mass is 481 g/mol. The highest BCUT2D eigenvalue weighted by atomic mass is 35.5. The molecule has 0 spiro atoms. The number of rotatable bonds is 9. The van der Waals surface area contributed by atoms with Gasteiger partial charge in [0.05, 0.1) is 15.6 Å². The van der Waals surface area contributed by atoms with Crippen LogP contribution < -0.4 is 10.6 Å². The Kier molecular flexibility index (Phi) is 8.98. The number of halogens is 2. The summed E-state index contributed by atoms with van der Waals surface area (Å²) in [7, 11) is 0. The fraction of sp³-hybridized carbons (Fsp3) is 0.286. The number of amides is 2. The van der Waals surface area contributed by atoms with Gasteiger partial charge in [0.2, 0.25) is 0 Å². The second kappa shape index (κ2) is 11.4. The molecule has 0 aliphatic rings. The minimum Gasteiger partial charge on any atom is -0.454 e. The number of nitrogens with zero attached hydrogens (tertiary/aromatic N) is 1. The van der Waals surface area contributed by atoms with E-state index in [9.17, 15) is 24.5 Å². The van der Waals surface area contributed by atoms with E-state index >= 15 is 0 Å². The lowest BCUT2D eigenvalue weighted by Gasteiger charge is -2.19. The minimum absolute atomic E-state index is 0.0108. The molecule has 1 unspecified atom stereocenters. The van der Waals surface area contributed by atoms with Crippen molar-refractivity contribution in [1.82, 2.24) is 5.32 Å². The van der Waals surface area contributed by atoms with Crippen molar-refractivity contribution in [3.05, 3.63) is 68.2 Å². The Morgan fingerprint density at radius 2 is 1.75 bits per heavy atom. The largest absolute Gasteiger partial charge is 0.454 e. The molecular weight excluding hydrogens is 461 g/mol. The quantitative estimate of drug-likeness (QED) is 0.313. The Morgan fingerprint density at radius 1 is 1.09 bits per heavy atom. The average molecular weight is 482 g/mol. The Balaban J connectivity index is 1.99. The molecular formula is C21H21Cl2N3O6. The number of nitro benzene ring substituents is 1. The summed E-state index contributed by atoms with van der Waals surface area (Å²) in [6.45, 7) is 3.07. The van der Waals surface area contributed by atoms with Crippen LogP contribution in [0.3, 0.4) is 0 Å². The van der Waals surface area contributed by atoms with Crippen LogP contribution in [0.1, 0.15) is 30.6 Å². The normalized spacial score (nSPS) is 11.5. The van der Waals surface area contributed by atoms with E-state index in [2.05, 4.69) is 10.6 Å². The molecule has 0 bridgehead atoms. The SMILES string of the molecule is CC(C)CC(NC(=O)c1ccc(Cl)cc1)C(=O)OCC(=O)Nc1cc([N+](=O)[O-])ccc1Cl. The van der Waals surface area contributed by atoms with Gasteiger partial charge in [-0.25, -0.2) is 4.79 Å². The predicted octanol–water partition coefficient (Wildman–Crippen LogP) is 4.23. The van der Waals surface area contributed by atoms with E-state index < -0.39 is 35.4 Å².